The van der Waals surface area contributed by atoms with E-state index in [0.717, 1.165) is 32.1 Å². The third-order valence-corrected chi connectivity index (χ3v) is 5.60. The Morgan fingerprint density at radius 1 is 1.23 bits per heavy atom. The zero-order valence-electron chi connectivity index (χ0n) is 16.0. The molecule has 2 saturated heterocycles. The van der Waals surface area contributed by atoms with E-state index in [-0.39, 0.29) is 6.67 Å². The highest BCUT2D eigenvalue weighted by Crippen LogP contribution is 2.31. The number of hydrogen-bond acceptors (Lipinski definition) is 2. The van der Waals surface area contributed by atoms with Crippen molar-refractivity contribution in [1.29, 1.82) is 0 Å². The lowest BCUT2D eigenvalue weighted by Gasteiger charge is -2.48. The molecule has 0 radical (unpaired) electrons. The molecule has 0 aliphatic carbocycles. The van der Waals surface area contributed by atoms with Crippen molar-refractivity contribution >= 4 is 5.96 Å². The van der Waals surface area contributed by atoms with Crippen molar-refractivity contribution < 1.29 is 4.39 Å². The molecule has 2 heterocycles. The molecule has 1 aromatic carbocycles. The summed E-state index contributed by atoms with van der Waals surface area (Å²) >= 11 is 0. The molecule has 3 rings (SSSR count). The largest absolute Gasteiger partial charge is 0.357 e. The van der Waals surface area contributed by atoms with Crippen molar-refractivity contribution in [2.24, 2.45) is 10.9 Å². The second-order valence-corrected chi connectivity index (χ2v) is 7.44. The van der Waals surface area contributed by atoms with Crippen molar-refractivity contribution in [2.45, 2.75) is 45.2 Å². The topological polar surface area (TPSA) is 30.9 Å². The number of hydrogen-bond donors (Lipinski definition) is 1. The first-order chi connectivity index (χ1) is 12.8. The van der Waals surface area contributed by atoms with Gasteiger partial charge in [-0.2, -0.15) is 0 Å². The number of aliphatic imine (C=N–C) groups is 1. The average molecular weight is 361 g/mol. The summed E-state index contributed by atoms with van der Waals surface area (Å²) in [5.41, 5.74) is 1.41. The first-order valence-electron chi connectivity index (χ1n) is 10.2. The standard InChI is InChI=1S/C21H33FN4/c1-2-23-21(24-13-7-12-22)26-15-11-20-19(17-26)10-6-14-25(20)16-18-8-4-3-5-9-18/h3-5,8-9,19-20H,2,6-7,10-17H2,1H3,(H,23,24). The highest BCUT2D eigenvalue weighted by atomic mass is 19.1. The van der Waals surface area contributed by atoms with E-state index < -0.39 is 0 Å². The summed E-state index contributed by atoms with van der Waals surface area (Å²) in [6.45, 7) is 7.61. The van der Waals surface area contributed by atoms with E-state index in [1.807, 2.05) is 0 Å². The van der Waals surface area contributed by atoms with Gasteiger partial charge in [-0.15, -0.1) is 0 Å². The maximum Gasteiger partial charge on any atom is 0.193 e. The van der Waals surface area contributed by atoms with Crippen LogP contribution in [0.25, 0.3) is 0 Å². The van der Waals surface area contributed by atoms with Crippen molar-refractivity contribution in [2.75, 3.05) is 39.4 Å². The predicted octanol–water partition coefficient (Wildman–Crippen LogP) is 3.30. The van der Waals surface area contributed by atoms with Crippen LogP contribution in [-0.4, -0.2) is 61.2 Å². The van der Waals surface area contributed by atoms with Crippen LogP contribution < -0.4 is 5.32 Å². The van der Waals surface area contributed by atoms with E-state index in [9.17, 15) is 4.39 Å². The van der Waals surface area contributed by atoms with Crippen LogP contribution in [0.1, 0.15) is 38.2 Å². The molecule has 2 fully saturated rings. The van der Waals surface area contributed by atoms with Gasteiger partial charge in [0.15, 0.2) is 5.96 Å². The fourth-order valence-corrected chi connectivity index (χ4v) is 4.38. The summed E-state index contributed by atoms with van der Waals surface area (Å²) < 4.78 is 12.4. The molecule has 5 heteroatoms. The first kappa shape index (κ1) is 19.2. The SMILES string of the molecule is CCNC(=NCCCF)N1CCC2C(CCCN2Cc2ccccc2)C1. The van der Waals surface area contributed by atoms with Gasteiger partial charge in [0.25, 0.3) is 0 Å². The van der Waals surface area contributed by atoms with Crippen LogP contribution in [0.5, 0.6) is 0 Å². The number of piperidine rings is 2. The Labute approximate surface area is 157 Å². The van der Waals surface area contributed by atoms with Gasteiger partial charge in [-0.3, -0.25) is 14.3 Å². The number of halogens is 1. The summed E-state index contributed by atoms with van der Waals surface area (Å²) in [5.74, 6) is 1.67. The molecular formula is C21H33FN4. The predicted molar refractivity (Wildman–Crippen MR) is 106 cm³/mol. The van der Waals surface area contributed by atoms with E-state index >= 15 is 0 Å². The Bertz CT molecular complexity index is 562. The van der Waals surface area contributed by atoms with Crippen LogP contribution in [0.3, 0.4) is 0 Å². The molecule has 0 aromatic heterocycles. The summed E-state index contributed by atoms with van der Waals surface area (Å²) in [7, 11) is 0. The van der Waals surface area contributed by atoms with Gasteiger partial charge in [0.05, 0.1) is 6.67 Å². The molecule has 1 aromatic rings. The van der Waals surface area contributed by atoms with Gasteiger partial charge in [0.1, 0.15) is 0 Å². The summed E-state index contributed by atoms with van der Waals surface area (Å²) in [6.07, 6.45) is 4.28. The third-order valence-electron chi connectivity index (χ3n) is 5.60. The van der Waals surface area contributed by atoms with Gasteiger partial charge in [-0.25, -0.2) is 0 Å². The minimum Gasteiger partial charge on any atom is -0.357 e. The van der Waals surface area contributed by atoms with Gasteiger partial charge in [-0.05, 0) is 50.6 Å². The lowest BCUT2D eigenvalue weighted by atomic mass is 9.83. The Morgan fingerprint density at radius 3 is 2.85 bits per heavy atom. The summed E-state index contributed by atoms with van der Waals surface area (Å²) in [6, 6.07) is 11.5. The van der Waals surface area contributed by atoms with Crippen molar-refractivity contribution in [3.63, 3.8) is 0 Å². The number of rotatable bonds is 6. The summed E-state index contributed by atoms with van der Waals surface area (Å²) in [5, 5.41) is 3.40. The normalized spacial score (nSPS) is 24.4. The fourth-order valence-electron chi connectivity index (χ4n) is 4.38. The second-order valence-electron chi connectivity index (χ2n) is 7.44. The van der Waals surface area contributed by atoms with Crippen molar-refractivity contribution in [3.8, 4) is 0 Å². The number of guanidine groups is 1. The van der Waals surface area contributed by atoms with Gasteiger partial charge in [-0.1, -0.05) is 30.3 Å². The third kappa shape index (κ3) is 4.97. The van der Waals surface area contributed by atoms with Gasteiger partial charge in [0.2, 0.25) is 0 Å². The van der Waals surface area contributed by atoms with E-state index in [1.54, 1.807) is 0 Å². The first-order valence-corrected chi connectivity index (χ1v) is 10.2. The lowest BCUT2D eigenvalue weighted by Crippen LogP contribution is -2.56. The Kier molecular flexibility index (Phi) is 7.30. The zero-order chi connectivity index (χ0) is 18.2. The number of likely N-dealkylation sites (tertiary alicyclic amines) is 2. The van der Waals surface area contributed by atoms with Crippen LogP contribution in [-0.2, 0) is 6.54 Å². The average Bonchev–Trinajstić information content (AvgIpc) is 2.68. The van der Waals surface area contributed by atoms with Gasteiger partial charge >= 0.3 is 0 Å². The maximum atomic E-state index is 12.4. The molecule has 26 heavy (non-hydrogen) atoms. The number of alkyl halides is 1. The fraction of sp³-hybridized carbons (Fsp3) is 0.667. The van der Waals surface area contributed by atoms with E-state index in [0.29, 0.717) is 24.9 Å². The number of nitrogens with one attached hydrogen (secondary N) is 1. The smallest absolute Gasteiger partial charge is 0.193 e. The molecule has 0 spiro atoms. The lowest BCUT2D eigenvalue weighted by molar-refractivity contribution is 0.0372. The minimum absolute atomic E-state index is 0.290. The van der Waals surface area contributed by atoms with Crippen LogP contribution >= 0.6 is 0 Å². The molecule has 2 unspecified atom stereocenters. The zero-order valence-corrected chi connectivity index (χ0v) is 16.0. The highest BCUT2D eigenvalue weighted by molar-refractivity contribution is 5.80. The van der Waals surface area contributed by atoms with E-state index in [2.05, 4.69) is 57.4 Å². The molecule has 4 nitrogen and oxygen atoms in total. The molecule has 144 valence electrons. The monoisotopic (exact) mass is 360 g/mol. The molecule has 0 saturated carbocycles. The van der Waals surface area contributed by atoms with Crippen LogP contribution in [0.4, 0.5) is 4.39 Å². The quantitative estimate of drug-likeness (QED) is 0.480. The van der Waals surface area contributed by atoms with E-state index in [1.165, 1.54) is 31.4 Å². The van der Waals surface area contributed by atoms with E-state index in [4.69, 9.17) is 0 Å². The number of benzene rings is 1. The molecule has 0 bridgehead atoms. The van der Waals surface area contributed by atoms with Crippen LogP contribution in [0.2, 0.25) is 0 Å². The molecule has 1 N–H and O–H groups in total. The molecule has 2 atom stereocenters. The molecule has 0 amide bonds. The number of fused-ring (bicyclic) bond motifs is 1. The molecule has 2 aliphatic heterocycles. The Hall–Kier alpha value is -1.62. The van der Waals surface area contributed by atoms with Crippen molar-refractivity contribution in [1.82, 2.24) is 15.1 Å². The van der Waals surface area contributed by atoms with Crippen molar-refractivity contribution in [3.05, 3.63) is 35.9 Å². The van der Waals surface area contributed by atoms with Crippen LogP contribution in [0, 0.1) is 5.92 Å². The maximum absolute atomic E-state index is 12.4. The molecule has 2 aliphatic rings. The van der Waals surface area contributed by atoms with Gasteiger partial charge < -0.3 is 10.2 Å². The van der Waals surface area contributed by atoms with Crippen LogP contribution in [0.15, 0.2) is 35.3 Å². The Balaban J connectivity index is 1.61. The second kappa shape index (κ2) is 9.91. The summed E-state index contributed by atoms with van der Waals surface area (Å²) in [4.78, 5) is 9.72. The van der Waals surface area contributed by atoms with Gasteiger partial charge in [0, 0.05) is 38.8 Å². The minimum atomic E-state index is -0.290. The number of nitrogens with zero attached hydrogens (tertiary/aromatic N) is 3. The Morgan fingerprint density at radius 2 is 2.08 bits per heavy atom. The highest BCUT2D eigenvalue weighted by Gasteiger charge is 2.36. The molecular weight excluding hydrogens is 327 g/mol.